The molecule has 0 radical (unpaired) electrons. The summed E-state index contributed by atoms with van der Waals surface area (Å²) < 4.78 is 6.79. The monoisotopic (exact) mass is 328 g/mol. The topological polar surface area (TPSA) is 69.0 Å². The van der Waals surface area contributed by atoms with Gasteiger partial charge in [0.25, 0.3) is 5.91 Å². The third kappa shape index (κ3) is 3.40. The Morgan fingerprint density at radius 2 is 2.09 bits per heavy atom. The molecule has 0 aliphatic carbocycles. The highest BCUT2D eigenvalue weighted by molar-refractivity contribution is 7.12. The summed E-state index contributed by atoms with van der Waals surface area (Å²) >= 11 is 1.43. The van der Waals surface area contributed by atoms with E-state index in [1.165, 1.54) is 11.3 Å². The van der Waals surface area contributed by atoms with Gasteiger partial charge in [0.1, 0.15) is 11.4 Å². The summed E-state index contributed by atoms with van der Waals surface area (Å²) in [6.07, 6.45) is 1.80. The molecule has 6 nitrogen and oxygen atoms in total. The minimum absolute atomic E-state index is 0.0866. The third-order valence-corrected chi connectivity index (χ3v) is 4.39. The second-order valence-electron chi connectivity index (χ2n) is 4.97. The molecule has 23 heavy (non-hydrogen) atoms. The van der Waals surface area contributed by atoms with E-state index in [-0.39, 0.29) is 5.91 Å². The van der Waals surface area contributed by atoms with Crippen LogP contribution in [0.3, 0.4) is 0 Å². The largest absolute Gasteiger partial charge is 0.497 e. The van der Waals surface area contributed by atoms with Crippen LogP contribution < -0.4 is 10.1 Å². The van der Waals surface area contributed by atoms with Gasteiger partial charge < -0.3 is 10.1 Å². The van der Waals surface area contributed by atoms with Gasteiger partial charge in [-0.25, -0.2) is 4.68 Å². The molecule has 1 N–H and O–H groups in total. The Hall–Kier alpha value is -2.67. The Balaban J connectivity index is 1.65. The molecule has 118 valence electrons. The molecule has 1 amide bonds. The van der Waals surface area contributed by atoms with E-state index in [0.717, 1.165) is 21.9 Å². The van der Waals surface area contributed by atoms with Gasteiger partial charge in [-0.2, -0.15) is 0 Å². The second-order valence-corrected chi connectivity index (χ2v) is 5.88. The smallest absolute Gasteiger partial charge is 0.261 e. The van der Waals surface area contributed by atoms with Crippen LogP contribution in [0.4, 0.5) is 0 Å². The lowest BCUT2D eigenvalue weighted by molar-refractivity contribution is 0.0954. The van der Waals surface area contributed by atoms with Crippen molar-refractivity contribution < 1.29 is 9.53 Å². The van der Waals surface area contributed by atoms with Crippen molar-refractivity contribution in [1.29, 1.82) is 0 Å². The molecule has 0 bridgehead atoms. The van der Waals surface area contributed by atoms with E-state index >= 15 is 0 Å². The van der Waals surface area contributed by atoms with Crippen LogP contribution in [0.25, 0.3) is 5.69 Å². The van der Waals surface area contributed by atoms with Gasteiger partial charge >= 0.3 is 0 Å². The Kier molecular flexibility index (Phi) is 4.38. The molecule has 2 aromatic heterocycles. The summed E-state index contributed by atoms with van der Waals surface area (Å²) in [6, 6.07) is 9.44. The Morgan fingerprint density at radius 1 is 1.30 bits per heavy atom. The van der Waals surface area contributed by atoms with Crippen LogP contribution in [-0.4, -0.2) is 28.0 Å². The minimum Gasteiger partial charge on any atom is -0.497 e. The summed E-state index contributed by atoms with van der Waals surface area (Å²) in [6.45, 7) is 2.26. The first kappa shape index (κ1) is 15.2. The van der Waals surface area contributed by atoms with E-state index in [1.807, 2.05) is 42.6 Å². The number of carbonyl (C=O) groups excluding carboxylic acids is 1. The fourth-order valence-electron chi connectivity index (χ4n) is 2.10. The Labute approximate surface area is 137 Å². The minimum atomic E-state index is -0.0866. The molecule has 3 aromatic rings. The van der Waals surface area contributed by atoms with Gasteiger partial charge in [0.05, 0.1) is 30.4 Å². The van der Waals surface area contributed by atoms with Crippen molar-refractivity contribution in [1.82, 2.24) is 20.3 Å². The second kappa shape index (κ2) is 6.62. The van der Waals surface area contributed by atoms with E-state index in [9.17, 15) is 4.79 Å². The normalized spacial score (nSPS) is 10.5. The average molecular weight is 328 g/mol. The first-order valence-electron chi connectivity index (χ1n) is 7.05. The van der Waals surface area contributed by atoms with Crippen molar-refractivity contribution in [3.05, 3.63) is 58.0 Å². The molecule has 3 rings (SSSR count). The highest BCUT2D eigenvalue weighted by atomic mass is 32.1. The van der Waals surface area contributed by atoms with Crippen molar-refractivity contribution in [2.45, 2.75) is 13.5 Å². The molecule has 7 heteroatoms. The van der Waals surface area contributed by atoms with E-state index in [0.29, 0.717) is 12.2 Å². The molecule has 0 aliphatic heterocycles. The van der Waals surface area contributed by atoms with Crippen molar-refractivity contribution >= 4 is 17.2 Å². The van der Waals surface area contributed by atoms with E-state index < -0.39 is 0 Å². The Morgan fingerprint density at radius 3 is 2.74 bits per heavy atom. The standard InChI is InChI=1S/C16H16N4O2S/c1-11-7-8-23-15(11)16(21)17-9-12-10-20(19-18-12)13-3-5-14(22-2)6-4-13/h3-8,10H,9H2,1-2H3,(H,17,21). The molecule has 0 saturated carbocycles. The molecule has 0 saturated heterocycles. The predicted octanol–water partition coefficient (Wildman–Crippen LogP) is 2.58. The number of rotatable bonds is 5. The lowest BCUT2D eigenvalue weighted by Crippen LogP contribution is -2.22. The molecular formula is C16H16N4O2S. The number of nitrogens with one attached hydrogen (secondary N) is 1. The van der Waals surface area contributed by atoms with E-state index in [1.54, 1.807) is 18.0 Å². The number of hydrogen-bond acceptors (Lipinski definition) is 5. The number of aryl methyl sites for hydroxylation is 1. The number of nitrogens with zero attached hydrogens (tertiary/aromatic N) is 3. The fraction of sp³-hybridized carbons (Fsp3) is 0.188. The number of benzene rings is 1. The summed E-state index contributed by atoms with van der Waals surface area (Å²) in [5.41, 5.74) is 2.56. The van der Waals surface area contributed by atoms with Crippen molar-refractivity contribution in [3.8, 4) is 11.4 Å². The predicted molar refractivity (Wildman–Crippen MR) is 88.1 cm³/mol. The number of hydrogen-bond donors (Lipinski definition) is 1. The molecule has 0 fully saturated rings. The van der Waals surface area contributed by atoms with Gasteiger partial charge in [-0.1, -0.05) is 5.21 Å². The molecule has 0 atom stereocenters. The maximum atomic E-state index is 12.1. The van der Waals surface area contributed by atoms with Crippen LogP contribution in [0.1, 0.15) is 20.9 Å². The number of aromatic nitrogens is 3. The Bertz CT molecular complexity index is 808. The molecule has 0 aliphatic rings. The lowest BCUT2D eigenvalue weighted by Gasteiger charge is -2.02. The zero-order valence-corrected chi connectivity index (χ0v) is 13.6. The fourth-order valence-corrected chi connectivity index (χ4v) is 2.94. The molecule has 2 heterocycles. The quantitative estimate of drug-likeness (QED) is 0.781. The van der Waals surface area contributed by atoms with Crippen molar-refractivity contribution in [3.63, 3.8) is 0 Å². The van der Waals surface area contributed by atoms with Crippen LogP contribution in [0.5, 0.6) is 5.75 Å². The molecule has 1 aromatic carbocycles. The number of thiophene rings is 1. The molecule has 0 unspecified atom stereocenters. The van der Waals surface area contributed by atoms with Crippen LogP contribution in [0.2, 0.25) is 0 Å². The average Bonchev–Trinajstić information content (AvgIpc) is 3.22. The summed E-state index contributed by atoms with van der Waals surface area (Å²) in [4.78, 5) is 12.8. The van der Waals surface area contributed by atoms with Crippen molar-refractivity contribution in [2.75, 3.05) is 7.11 Å². The van der Waals surface area contributed by atoms with E-state index in [4.69, 9.17) is 4.74 Å². The maximum Gasteiger partial charge on any atom is 0.261 e. The van der Waals surface area contributed by atoms with Crippen LogP contribution in [-0.2, 0) is 6.54 Å². The highest BCUT2D eigenvalue weighted by Crippen LogP contribution is 2.16. The van der Waals surface area contributed by atoms with Gasteiger partial charge in [0.2, 0.25) is 0 Å². The number of methoxy groups -OCH3 is 1. The summed E-state index contributed by atoms with van der Waals surface area (Å²) in [7, 11) is 1.63. The van der Waals surface area contributed by atoms with Crippen LogP contribution in [0, 0.1) is 6.92 Å². The van der Waals surface area contributed by atoms with Gasteiger partial charge in [-0.05, 0) is 48.2 Å². The first-order chi connectivity index (χ1) is 11.2. The van der Waals surface area contributed by atoms with Crippen molar-refractivity contribution in [2.24, 2.45) is 0 Å². The SMILES string of the molecule is COc1ccc(-n2cc(CNC(=O)c3sccc3C)nn2)cc1. The van der Waals surface area contributed by atoms with Gasteiger partial charge in [0.15, 0.2) is 0 Å². The highest BCUT2D eigenvalue weighted by Gasteiger charge is 2.11. The summed E-state index contributed by atoms with van der Waals surface area (Å²) in [5.74, 6) is 0.698. The first-order valence-corrected chi connectivity index (χ1v) is 7.93. The zero-order valence-electron chi connectivity index (χ0n) is 12.8. The van der Waals surface area contributed by atoms with Crippen LogP contribution in [0.15, 0.2) is 41.9 Å². The molecular weight excluding hydrogens is 312 g/mol. The number of amides is 1. The number of carbonyl (C=O) groups is 1. The van der Waals surface area contributed by atoms with Gasteiger partial charge in [0, 0.05) is 0 Å². The van der Waals surface area contributed by atoms with Gasteiger partial charge in [-0.3, -0.25) is 4.79 Å². The zero-order chi connectivity index (χ0) is 16.2. The third-order valence-electron chi connectivity index (χ3n) is 3.38. The van der Waals surface area contributed by atoms with Gasteiger partial charge in [-0.15, -0.1) is 16.4 Å². The van der Waals surface area contributed by atoms with E-state index in [2.05, 4.69) is 15.6 Å². The lowest BCUT2D eigenvalue weighted by atomic mass is 10.3. The maximum absolute atomic E-state index is 12.1. The van der Waals surface area contributed by atoms with Crippen LogP contribution >= 0.6 is 11.3 Å². The summed E-state index contributed by atoms with van der Waals surface area (Å²) in [5, 5.41) is 12.9. The number of ether oxygens (including phenoxy) is 1. The molecule has 0 spiro atoms.